The van der Waals surface area contributed by atoms with Crippen LogP contribution in [0.3, 0.4) is 0 Å². The van der Waals surface area contributed by atoms with Crippen LogP contribution in [0.2, 0.25) is 5.02 Å². The number of carbonyl (C=O) groups excluding carboxylic acids is 1. The molecule has 0 bridgehead atoms. The van der Waals surface area contributed by atoms with Crippen molar-refractivity contribution in [3.05, 3.63) is 70.5 Å². The van der Waals surface area contributed by atoms with Crippen molar-refractivity contribution in [1.82, 2.24) is 4.90 Å². The van der Waals surface area contributed by atoms with Crippen molar-refractivity contribution in [1.29, 1.82) is 0 Å². The number of rotatable bonds is 5. The van der Waals surface area contributed by atoms with Crippen molar-refractivity contribution in [3.8, 4) is 0 Å². The fourth-order valence-corrected chi connectivity index (χ4v) is 3.03. The monoisotopic (exact) mass is 396 g/mol. The van der Waals surface area contributed by atoms with Crippen LogP contribution in [0.15, 0.2) is 53.4 Å². The molecule has 2 aromatic rings. The smallest absolute Gasteiger partial charge is 0.246 e. The topological polar surface area (TPSA) is 80.5 Å². The van der Waals surface area contributed by atoms with E-state index in [1.165, 1.54) is 47.4 Å². The van der Waals surface area contributed by atoms with Crippen LogP contribution in [0, 0.1) is 5.82 Å². The van der Waals surface area contributed by atoms with Gasteiger partial charge < -0.3 is 4.90 Å². The molecule has 0 spiro atoms. The van der Waals surface area contributed by atoms with Crippen LogP contribution in [0.5, 0.6) is 0 Å². The molecule has 26 heavy (non-hydrogen) atoms. The summed E-state index contributed by atoms with van der Waals surface area (Å²) in [4.78, 5) is 13.8. The van der Waals surface area contributed by atoms with Crippen LogP contribution in [-0.4, -0.2) is 26.3 Å². The summed E-state index contributed by atoms with van der Waals surface area (Å²) in [6.45, 7) is 1.79. The zero-order valence-corrected chi connectivity index (χ0v) is 15.8. The molecule has 2 rings (SSSR count). The summed E-state index contributed by atoms with van der Waals surface area (Å²) in [5.74, 6) is -0.872. The van der Waals surface area contributed by atoms with E-state index in [-0.39, 0.29) is 27.4 Å². The van der Waals surface area contributed by atoms with E-state index in [9.17, 15) is 17.6 Å². The Morgan fingerprint density at radius 3 is 2.38 bits per heavy atom. The molecule has 2 aromatic carbocycles. The third-order valence-electron chi connectivity index (χ3n) is 4.01. The summed E-state index contributed by atoms with van der Waals surface area (Å²) in [7, 11) is -2.18. The summed E-state index contributed by atoms with van der Waals surface area (Å²) in [5.41, 5.74) is 0.867. The Morgan fingerprint density at radius 1 is 1.23 bits per heavy atom. The summed E-state index contributed by atoms with van der Waals surface area (Å²) < 4.78 is 36.3. The molecule has 0 aromatic heterocycles. The molecule has 0 aliphatic carbocycles. The highest BCUT2D eigenvalue weighted by Crippen LogP contribution is 2.23. The molecule has 138 valence electrons. The van der Waals surface area contributed by atoms with E-state index in [0.717, 1.165) is 5.56 Å². The summed E-state index contributed by atoms with van der Waals surface area (Å²) >= 11 is 5.93. The van der Waals surface area contributed by atoms with Gasteiger partial charge in [0, 0.05) is 18.7 Å². The largest absolute Gasteiger partial charge is 0.335 e. The summed E-state index contributed by atoms with van der Waals surface area (Å²) in [6.07, 6.45) is 2.56. The zero-order chi connectivity index (χ0) is 19.5. The molecule has 0 fully saturated rings. The highest BCUT2D eigenvalue weighted by Gasteiger charge is 2.17. The number of likely N-dealkylation sites (N-methyl/N-ethyl adjacent to an activating group) is 1. The number of sulfonamides is 1. The predicted octanol–water partition coefficient (Wildman–Crippen LogP) is 3.36. The molecule has 0 heterocycles. The molecular weight excluding hydrogens is 379 g/mol. The second-order valence-electron chi connectivity index (χ2n) is 5.71. The van der Waals surface area contributed by atoms with Gasteiger partial charge in [0.25, 0.3) is 0 Å². The molecule has 5 nitrogen and oxygen atoms in total. The van der Waals surface area contributed by atoms with Crippen LogP contribution in [-0.2, 0) is 14.8 Å². The van der Waals surface area contributed by atoms with Gasteiger partial charge in [-0.25, -0.2) is 17.9 Å². The Hall–Kier alpha value is -2.22. The van der Waals surface area contributed by atoms with Gasteiger partial charge in [-0.2, -0.15) is 0 Å². The Morgan fingerprint density at radius 2 is 1.85 bits per heavy atom. The van der Waals surface area contributed by atoms with Gasteiger partial charge in [0.15, 0.2) is 0 Å². The van der Waals surface area contributed by atoms with Crippen LogP contribution in [0.4, 0.5) is 4.39 Å². The van der Waals surface area contributed by atoms with Crippen molar-refractivity contribution in [3.63, 3.8) is 0 Å². The Labute approximate surface area is 156 Å². The number of hydrogen-bond acceptors (Lipinski definition) is 3. The van der Waals surface area contributed by atoms with E-state index in [1.54, 1.807) is 26.1 Å². The molecule has 1 amide bonds. The quantitative estimate of drug-likeness (QED) is 0.787. The molecule has 0 radical (unpaired) electrons. The van der Waals surface area contributed by atoms with E-state index >= 15 is 0 Å². The van der Waals surface area contributed by atoms with Gasteiger partial charge in [0.2, 0.25) is 15.9 Å². The molecule has 0 saturated carbocycles. The number of primary sulfonamides is 1. The molecule has 0 saturated heterocycles. The minimum Gasteiger partial charge on any atom is -0.335 e. The zero-order valence-electron chi connectivity index (χ0n) is 14.2. The van der Waals surface area contributed by atoms with E-state index in [4.69, 9.17) is 16.7 Å². The maximum Gasteiger partial charge on any atom is 0.246 e. The fourth-order valence-electron chi connectivity index (χ4n) is 2.29. The molecule has 0 aliphatic heterocycles. The predicted molar refractivity (Wildman–Crippen MR) is 99.4 cm³/mol. The third kappa shape index (κ3) is 4.69. The van der Waals surface area contributed by atoms with Crippen molar-refractivity contribution in [2.45, 2.75) is 17.9 Å². The van der Waals surface area contributed by atoms with E-state index in [1.807, 2.05) is 0 Å². The Bertz CT molecular complexity index is 923. The lowest BCUT2D eigenvalue weighted by atomic mass is 10.1. The van der Waals surface area contributed by atoms with Gasteiger partial charge in [0.1, 0.15) is 5.82 Å². The number of benzene rings is 2. The number of halogens is 2. The number of carbonyl (C=O) groups is 1. The van der Waals surface area contributed by atoms with Gasteiger partial charge in [-0.1, -0.05) is 29.8 Å². The number of nitrogens with zero attached hydrogens (tertiary/aromatic N) is 1. The average Bonchev–Trinajstić information content (AvgIpc) is 2.59. The molecule has 8 heteroatoms. The molecule has 1 atom stereocenters. The summed E-state index contributed by atoms with van der Waals surface area (Å²) in [6, 6.07) is 9.89. The van der Waals surface area contributed by atoms with Crippen LogP contribution in [0.1, 0.15) is 24.1 Å². The Balaban J connectivity index is 2.16. The first-order chi connectivity index (χ1) is 12.1. The lowest BCUT2D eigenvalue weighted by Gasteiger charge is -2.24. The van der Waals surface area contributed by atoms with E-state index in [2.05, 4.69) is 0 Å². The first-order valence-electron chi connectivity index (χ1n) is 7.63. The van der Waals surface area contributed by atoms with E-state index < -0.39 is 15.8 Å². The number of amides is 1. The Kier molecular flexibility index (Phi) is 6.17. The van der Waals surface area contributed by atoms with Crippen LogP contribution >= 0.6 is 11.6 Å². The van der Waals surface area contributed by atoms with Gasteiger partial charge in [0.05, 0.1) is 16.0 Å². The van der Waals surface area contributed by atoms with Crippen molar-refractivity contribution in [2.75, 3.05) is 7.05 Å². The first kappa shape index (κ1) is 20.1. The van der Waals surface area contributed by atoms with Gasteiger partial charge in [-0.15, -0.1) is 0 Å². The van der Waals surface area contributed by atoms with Crippen molar-refractivity contribution >= 4 is 33.6 Å². The highest BCUT2D eigenvalue weighted by molar-refractivity contribution is 7.89. The normalized spacial score (nSPS) is 13.0. The maximum atomic E-state index is 13.7. The second-order valence-corrected chi connectivity index (χ2v) is 7.68. The highest BCUT2D eigenvalue weighted by atomic mass is 35.5. The first-order valence-corrected chi connectivity index (χ1v) is 9.55. The lowest BCUT2D eigenvalue weighted by molar-refractivity contribution is -0.126. The van der Waals surface area contributed by atoms with Gasteiger partial charge in [-0.05, 0) is 42.8 Å². The molecular formula is C18H18ClFN2O3S. The standard InChI is InChI=1S/C18H18ClFN2O3S/c1-12(13-6-8-14(9-7-13)26(21,24)25)22(2)18(23)11-10-15-16(19)4-3-5-17(15)20/h3-12H,1-2H3,(H2,21,24,25)/b11-10+. The molecule has 1 unspecified atom stereocenters. The fraction of sp³-hybridized carbons (Fsp3) is 0.167. The number of hydrogen-bond donors (Lipinski definition) is 1. The minimum atomic E-state index is -3.77. The van der Waals surface area contributed by atoms with E-state index in [0.29, 0.717) is 0 Å². The second kappa shape index (κ2) is 7.99. The maximum absolute atomic E-state index is 13.7. The molecule has 0 aliphatic rings. The van der Waals surface area contributed by atoms with Crippen LogP contribution in [0.25, 0.3) is 6.08 Å². The molecule has 2 N–H and O–H groups in total. The van der Waals surface area contributed by atoms with Crippen molar-refractivity contribution in [2.24, 2.45) is 5.14 Å². The van der Waals surface area contributed by atoms with Crippen molar-refractivity contribution < 1.29 is 17.6 Å². The summed E-state index contributed by atoms with van der Waals surface area (Å²) in [5, 5.41) is 5.28. The minimum absolute atomic E-state index is 0.00322. The van der Waals surface area contributed by atoms with Gasteiger partial charge >= 0.3 is 0 Å². The average molecular weight is 397 g/mol. The third-order valence-corrected chi connectivity index (χ3v) is 5.27. The lowest BCUT2D eigenvalue weighted by Crippen LogP contribution is -2.28. The SMILES string of the molecule is CC(c1ccc(S(N)(=O)=O)cc1)N(C)C(=O)/C=C/c1c(F)cccc1Cl. The van der Waals surface area contributed by atoms with Gasteiger partial charge in [-0.3, -0.25) is 4.79 Å². The van der Waals surface area contributed by atoms with Crippen LogP contribution < -0.4 is 5.14 Å². The number of nitrogens with two attached hydrogens (primary N) is 1.